The average Bonchev–Trinajstić information content (AvgIpc) is 2.82. The van der Waals surface area contributed by atoms with Crippen molar-refractivity contribution in [1.29, 1.82) is 0 Å². The van der Waals surface area contributed by atoms with Crippen molar-refractivity contribution in [2.24, 2.45) is 0 Å². The predicted octanol–water partition coefficient (Wildman–Crippen LogP) is 2.07. The van der Waals surface area contributed by atoms with E-state index in [0.29, 0.717) is 12.1 Å². The van der Waals surface area contributed by atoms with E-state index in [2.05, 4.69) is 36.5 Å². The van der Waals surface area contributed by atoms with Gasteiger partial charge >= 0.3 is 0 Å². The molecule has 3 heteroatoms. The first-order valence-electron chi connectivity index (χ1n) is 6.89. The van der Waals surface area contributed by atoms with Crippen LogP contribution in [0.25, 0.3) is 0 Å². The lowest BCUT2D eigenvalue weighted by atomic mass is 9.97. The van der Waals surface area contributed by atoms with Crippen LogP contribution >= 0.6 is 0 Å². The Morgan fingerprint density at radius 2 is 2.11 bits per heavy atom. The molecular weight excluding hydrogens is 226 g/mol. The Kier molecular flexibility index (Phi) is 3.64. The lowest BCUT2D eigenvalue weighted by Crippen LogP contribution is -2.38. The van der Waals surface area contributed by atoms with Gasteiger partial charge in [0.2, 0.25) is 0 Å². The topological polar surface area (TPSA) is 30.5 Å². The first-order chi connectivity index (χ1) is 8.84. The highest BCUT2D eigenvalue weighted by molar-refractivity contribution is 5.31. The quantitative estimate of drug-likeness (QED) is 0.887. The molecule has 0 aromatic heterocycles. The van der Waals surface area contributed by atoms with Gasteiger partial charge in [0.25, 0.3) is 0 Å². The van der Waals surface area contributed by atoms with E-state index >= 15 is 0 Å². The zero-order valence-corrected chi connectivity index (χ0v) is 10.9. The summed E-state index contributed by atoms with van der Waals surface area (Å²) in [7, 11) is 0. The van der Waals surface area contributed by atoms with Gasteiger partial charge in [-0.2, -0.15) is 0 Å². The van der Waals surface area contributed by atoms with Crippen LogP contribution in [-0.4, -0.2) is 31.9 Å². The van der Waals surface area contributed by atoms with Crippen LogP contribution in [0.2, 0.25) is 0 Å². The number of hydrogen-bond acceptors (Lipinski definition) is 3. The van der Waals surface area contributed by atoms with Gasteiger partial charge in [0.1, 0.15) is 0 Å². The maximum absolute atomic E-state index is 5.90. The Morgan fingerprint density at radius 3 is 2.94 bits per heavy atom. The summed E-state index contributed by atoms with van der Waals surface area (Å²) in [5.41, 5.74) is 2.79. The summed E-state index contributed by atoms with van der Waals surface area (Å²) < 4.78 is 11.5. The molecule has 0 spiro atoms. The number of rotatable bonds is 3. The molecule has 0 aliphatic carbocycles. The van der Waals surface area contributed by atoms with Crippen LogP contribution in [0.3, 0.4) is 0 Å². The fourth-order valence-electron chi connectivity index (χ4n) is 2.90. The summed E-state index contributed by atoms with van der Waals surface area (Å²) in [5, 5.41) is 3.59. The Morgan fingerprint density at radius 1 is 1.22 bits per heavy atom. The highest BCUT2D eigenvalue weighted by Crippen LogP contribution is 2.26. The molecule has 1 aromatic carbocycles. The lowest BCUT2D eigenvalue weighted by Gasteiger charge is -2.28. The van der Waals surface area contributed by atoms with Crippen LogP contribution in [0.1, 0.15) is 30.6 Å². The molecule has 1 fully saturated rings. The molecule has 2 heterocycles. The van der Waals surface area contributed by atoms with Crippen LogP contribution in [0.15, 0.2) is 24.3 Å². The van der Waals surface area contributed by atoms with E-state index in [1.165, 1.54) is 11.1 Å². The summed E-state index contributed by atoms with van der Waals surface area (Å²) in [4.78, 5) is 0. The SMILES string of the molecule is CC1OCCC1NCC1OCCc2ccccc21. The number of fused-ring (bicyclic) bond motifs is 1. The smallest absolute Gasteiger partial charge is 0.0952 e. The fourth-order valence-corrected chi connectivity index (χ4v) is 2.90. The van der Waals surface area contributed by atoms with Crippen molar-refractivity contribution >= 4 is 0 Å². The first-order valence-corrected chi connectivity index (χ1v) is 6.89. The molecule has 1 N–H and O–H groups in total. The van der Waals surface area contributed by atoms with Crippen molar-refractivity contribution in [3.63, 3.8) is 0 Å². The van der Waals surface area contributed by atoms with Crippen molar-refractivity contribution in [2.45, 2.75) is 38.0 Å². The van der Waals surface area contributed by atoms with Gasteiger partial charge in [0, 0.05) is 19.2 Å². The summed E-state index contributed by atoms with van der Waals surface area (Å²) in [6.45, 7) is 4.73. The van der Waals surface area contributed by atoms with Crippen LogP contribution in [0.5, 0.6) is 0 Å². The maximum Gasteiger partial charge on any atom is 0.0952 e. The molecule has 0 bridgehead atoms. The largest absolute Gasteiger partial charge is 0.377 e. The molecule has 0 saturated carbocycles. The van der Waals surface area contributed by atoms with Gasteiger partial charge in [0.05, 0.1) is 18.8 Å². The van der Waals surface area contributed by atoms with Crippen molar-refractivity contribution < 1.29 is 9.47 Å². The van der Waals surface area contributed by atoms with Gasteiger partial charge in [-0.25, -0.2) is 0 Å². The van der Waals surface area contributed by atoms with Crippen LogP contribution in [-0.2, 0) is 15.9 Å². The first kappa shape index (κ1) is 12.2. The molecule has 3 rings (SSSR count). The predicted molar refractivity (Wildman–Crippen MR) is 70.7 cm³/mol. The van der Waals surface area contributed by atoms with E-state index in [1.807, 2.05) is 0 Å². The van der Waals surface area contributed by atoms with Gasteiger partial charge in [-0.1, -0.05) is 24.3 Å². The van der Waals surface area contributed by atoms with Crippen LogP contribution in [0.4, 0.5) is 0 Å². The second kappa shape index (κ2) is 5.39. The van der Waals surface area contributed by atoms with E-state index < -0.39 is 0 Å². The summed E-state index contributed by atoms with van der Waals surface area (Å²) in [5.74, 6) is 0. The third-order valence-electron chi connectivity index (χ3n) is 4.03. The van der Waals surface area contributed by atoms with Gasteiger partial charge in [-0.15, -0.1) is 0 Å². The number of ether oxygens (including phenoxy) is 2. The highest BCUT2D eigenvalue weighted by atomic mass is 16.5. The fraction of sp³-hybridized carbons (Fsp3) is 0.600. The minimum Gasteiger partial charge on any atom is -0.377 e. The second-order valence-corrected chi connectivity index (χ2v) is 5.19. The minimum atomic E-state index is 0.197. The maximum atomic E-state index is 5.90. The van der Waals surface area contributed by atoms with Crippen molar-refractivity contribution in [1.82, 2.24) is 5.32 Å². The van der Waals surface area contributed by atoms with E-state index in [1.54, 1.807) is 0 Å². The third kappa shape index (κ3) is 2.44. The molecule has 0 amide bonds. The molecule has 0 radical (unpaired) electrons. The van der Waals surface area contributed by atoms with E-state index in [-0.39, 0.29) is 6.10 Å². The van der Waals surface area contributed by atoms with Gasteiger partial charge in [0.15, 0.2) is 0 Å². The molecule has 2 aliphatic rings. The van der Waals surface area contributed by atoms with Crippen molar-refractivity contribution in [3.8, 4) is 0 Å². The van der Waals surface area contributed by atoms with Crippen LogP contribution in [0, 0.1) is 0 Å². The van der Waals surface area contributed by atoms with Gasteiger partial charge < -0.3 is 14.8 Å². The zero-order valence-electron chi connectivity index (χ0n) is 10.9. The van der Waals surface area contributed by atoms with E-state index in [0.717, 1.165) is 32.6 Å². The summed E-state index contributed by atoms with van der Waals surface area (Å²) in [6, 6.07) is 9.09. The monoisotopic (exact) mass is 247 g/mol. The molecule has 98 valence electrons. The zero-order chi connectivity index (χ0) is 12.4. The Labute approximate surface area is 108 Å². The highest BCUT2D eigenvalue weighted by Gasteiger charge is 2.26. The molecule has 18 heavy (non-hydrogen) atoms. The number of nitrogens with one attached hydrogen (secondary N) is 1. The van der Waals surface area contributed by atoms with E-state index in [9.17, 15) is 0 Å². The molecule has 3 unspecified atom stereocenters. The molecule has 3 nitrogen and oxygen atoms in total. The summed E-state index contributed by atoms with van der Waals surface area (Å²) in [6.07, 6.45) is 2.66. The lowest BCUT2D eigenvalue weighted by molar-refractivity contribution is 0.0377. The van der Waals surface area contributed by atoms with Crippen molar-refractivity contribution in [2.75, 3.05) is 19.8 Å². The molecule has 1 saturated heterocycles. The Hall–Kier alpha value is -0.900. The normalized spacial score (nSPS) is 31.3. The third-order valence-corrected chi connectivity index (χ3v) is 4.03. The van der Waals surface area contributed by atoms with Crippen molar-refractivity contribution in [3.05, 3.63) is 35.4 Å². The van der Waals surface area contributed by atoms with Crippen LogP contribution < -0.4 is 5.32 Å². The minimum absolute atomic E-state index is 0.197. The molecule has 2 aliphatic heterocycles. The average molecular weight is 247 g/mol. The standard InChI is InChI=1S/C15H21NO2/c1-11-14(7-9-17-11)16-10-15-13-5-3-2-4-12(13)6-8-18-15/h2-5,11,14-16H,6-10H2,1H3. The van der Waals surface area contributed by atoms with Gasteiger partial charge in [-0.05, 0) is 30.9 Å². The van der Waals surface area contributed by atoms with Gasteiger partial charge in [-0.3, -0.25) is 0 Å². The Bertz CT molecular complexity index is 407. The van der Waals surface area contributed by atoms with E-state index in [4.69, 9.17) is 9.47 Å². The summed E-state index contributed by atoms with van der Waals surface area (Å²) >= 11 is 0. The number of benzene rings is 1. The second-order valence-electron chi connectivity index (χ2n) is 5.19. The molecule has 1 aromatic rings. The molecular formula is C15H21NO2. The molecule has 3 atom stereocenters. The Balaban J connectivity index is 1.64. The number of hydrogen-bond donors (Lipinski definition) is 1.